The van der Waals surface area contributed by atoms with Gasteiger partial charge in [0.2, 0.25) is 5.88 Å². The molecule has 0 spiro atoms. The van der Waals surface area contributed by atoms with Crippen molar-refractivity contribution in [2.45, 2.75) is 6.92 Å². The molecule has 0 saturated carbocycles. The smallest absolute Gasteiger partial charge is 0.261 e. The van der Waals surface area contributed by atoms with Crippen LogP contribution in [0.2, 0.25) is 10.0 Å². The SMILES string of the molecule is COc1cc(C(=O)NSC)ccc1-c1cnc(Oc2cccc(Cl)c2C)c(Cl)c1. The Balaban J connectivity index is 1.92. The van der Waals surface area contributed by atoms with E-state index in [0.29, 0.717) is 27.1 Å². The summed E-state index contributed by atoms with van der Waals surface area (Å²) < 4.78 is 14.0. The van der Waals surface area contributed by atoms with Crippen LogP contribution < -0.4 is 14.2 Å². The number of amides is 1. The van der Waals surface area contributed by atoms with Gasteiger partial charge in [-0.15, -0.1) is 0 Å². The molecule has 0 fully saturated rings. The highest BCUT2D eigenvalue weighted by Gasteiger charge is 2.15. The topological polar surface area (TPSA) is 60.5 Å². The molecule has 150 valence electrons. The van der Waals surface area contributed by atoms with E-state index in [1.165, 1.54) is 11.9 Å². The maximum Gasteiger partial charge on any atom is 0.261 e. The number of halogens is 2. The molecule has 1 N–H and O–H groups in total. The van der Waals surface area contributed by atoms with Crippen LogP contribution >= 0.6 is 35.1 Å². The second-order valence-corrected chi connectivity index (χ2v) is 7.45. The molecule has 1 heterocycles. The molecular formula is C21H18Cl2N2O3S. The van der Waals surface area contributed by atoms with E-state index in [2.05, 4.69) is 9.71 Å². The number of hydrogen-bond donors (Lipinski definition) is 1. The van der Waals surface area contributed by atoms with Crippen LogP contribution in [0.5, 0.6) is 17.4 Å². The van der Waals surface area contributed by atoms with Crippen molar-refractivity contribution < 1.29 is 14.3 Å². The average molecular weight is 449 g/mol. The number of benzene rings is 2. The lowest BCUT2D eigenvalue weighted by Gasteiger charge is -2.13. The highest BCUT2D eigenvalue weighted by molar-refractivity contribution is 7.97. The van der Waals surface area contributed by atoms with E-state index in [4.69, 9.17) is 32.7 Å². The molecule has 0 atom stereocenters. The molecule has 2 aromatic carbocycles. The van der Waals surface area contributed by atoms with Crippen molar-refractivity contribution in [1.82, 2.24) is 9.71 Å². The van der Waals surface area contributed by atoms with E-state index in [1.54, 1.807) is 62.0 Å². The minimum Gasteiger partial charge on any atom is -0.496 e. The molecule has 3 rings (SSSR count). The van der Waals surface area contributed by atoms with Crippen molar-refractivity contribution in [3.05, 3.63) is 69.8 Å². The fraction of sp³-hybridized carbons (Fsp3) is 0.143. The Kier molecular flexibility index (Phi) is 6.90. The Labute approximate surface area is 183 Å². The second kappa shape index (κ2) is 9.39. The fourth-order valence-corrected chi connectivity index (χ4v) is 3.35. The first-order valence-corrected chi connectivity index (χ1v) is 10.5. The van der Waals surface area contributed by atoms with E-state index in [9.17, 15) is 4.79 Å². The summed E-state index contributed by atoms with van der Waals surface area (Å²) in [5.41, 5.74) is 2.79. The monoisotopic (exact) mass is 448 g/mol. The van der Waals surface area contributed by atoms with Crippen molar-refractivity contribution in [3.8, 4) is 28.5 Å². The maximum absolute atomic E-state index is 12.0. The van der Waals surface area contributed by atoms with Gasteiger partial charge in [-0.25, -0.2) is 4.98 Å². The van der Waals surface area contributed by atoms with Crippen LogP contribution in [0.15, 0.2) is 48.7 Å². The molecule has 8 heteroatoms. The van der Waals surface area contributed by atoms with E-state index < -0.39 is 0 Å². The quantitative estimate of drug-likeness (QED) is 0.456. The number of hydrogen-bond acceptors (Lipinski definition) is 5. The Morgan fingerprint density at radius 2 is 1.90 bits per heavy atom. The normalized spacial score (nSPS) is 10.5. The van der Waals surface area contributed by atoms with Crippen LogP contribution in [0, 0.1) is 6.92 Å². The van der Waals surface area contributed by atoms with Crippen molar-refractivity contribution in [2.24, 2.45) is 0 Å². The van der Waals surface area contributed by atoms with Gasteiger partial charge in [0.15, 0.2) is 0 Å². The second-order valence-electron chi connectivity index (χ2n) is 6.03. The number of pyridine rings is 1. The van der Waals surface area contributed by atoms with Crippen LogP contribution in [0.4, 0.5) is 0 Å². The number of nitrogens with zero attached hydrogens (tertiary/aromatic N) is 1. The molecule has 0 aliphatic heterocycles. The summed E-state index contributed by atoms with van der Waals surface area (Å²) in [6.07, 6.45) is 3.42. The van der Waals surface area contributed by atoms with Crippen molar-refractivity contribution in [2.75, 3.05) is 13.4 Å². The zero-order valence-corrected chi connectivity index (χ0v) is 18.3. The molecule has 0 saturated heterocycles. The molecule has 0 bridgehead atoms. The molecule has 29 heavy (non-hydrogen) atoms. The van der Waals surface area contributed by atoms with Gasteiger partial charge < -0.3 is 9.47 Å². The van der Waals surface area contributed by atoms with Crippen molar-refractivity contribution in [3.63, 3.8) is 0 Å². The Morgan fingerprint density at radius 1 is 1.10 bits per heavy atom. The van der Waals surface area contributed by atoms with Gasteiger partial charge in [0.05, 0.1) is 7.11 Å². The van der Waals surface area contributed by atoms with Gasteiger partial charge in [-0.1, -0.05) is 41.2 Å². The summed E-state index contributed by atoms with van der Waals surface area (Å²) >= 11 is 13.8. The number of nitrogens with one attached hydrogen (secondary N) is 1. The largest absolute Gasteiger partial charge is 0.496 e. The lowest BCUT2D eigenvalue weighted by atomic mass is 10.0. The molecule has 1 aromatic heterocycles. The van der Waals surface area contributed by atoms with Gasteiger partial charge in [-0.2, -0.15) is 0 Å². The van der Waals surface area contributed by atoms with Gasteiger partial charge in [0.1, 0.15) is 16.5 Å². The van der Waals surface area contributed by atoms with Crippen LogP contribution in [-0.2, 0) is 0 Å². The Bertz CT molecular complexity index is 1060. The third-order valence-corrected chi connectivity index (χ3v) is 5.27. The molecule has 0 aliphatic rings. The fourth-order valence-electron chi connectivity index (χ4n) is 2.67. The third kappa shape index (κ3) is 4.78. The summed E-state index contributed by atoms with van der Waals surface area (Å²) in [6, 6.07) is 12.3. The third-order valence-electron chi connectivity index (χ3n) is 4.20. The minimum atomic E-state index is -0.195. The van der Waals surface area contributed by atoms with Crippen LogP contribution in [0.3, 0.4) is 0 Å². The predicted octanol–water partition coefficient (Wildman–Crippen LogP) is 6.17. The van der Waals surface area contributed by atoms with Crippen molar-refractivity contribution >= 4 is 41.1 Å². The van der Waals surface area contributed by atoms with Gasteiger partial charge in [-0.05, 0) is 43.3 Å². The van der Waals surface area contributed by atoms with Gasteiger partial charge in [-0.3, -0.25) is 9.52 Å². The first kappa shape index (κ1) is 21.3. The highest BCUT2D eigenvalue weighted by atomic mass is 35.5. The summed E-state index contributed by atoms with van der Waals surface area (Å²) in [7, 11) is 1.55. The molecule has 0 aliphatic carbocycles. The van der Waals surface area contributed by atoms with Crippen molar-refractivity contribution in [1.29, 1.82) is 0 Å². The van der Waals surface area contributed by atoms with E-state index in [1.807, 2.05) is 6.92 Å². The number of carbonyl (C=O) groups excluding carboxylic acids is 1. The van der Waals surface area contributed by atoms with Crippen LogP contribution in [0.1, 0.15) is 15.9 Å². The molecular weight excluding hydrogens is 431 g/mol. The van der Waals surface area contributed by atoms with Gasteiger partial charge >= 0.3 is 0 Å². The summed E-state index contributed by atoms with van der Waals surface area (Å²) in [5.74, 6) is 1.20. The zero-order chi connectivity index (χ0) is 21.0. The molecule has 1 amide bonds. The predicted molar refractivity (Wildman–Crippen MR) is 118 cm³/mol. The van der Waals surface area contributed by atoms with E-state index in [0.717, 1.165) is 16.7 Å². The first-order chi connectivity index (χ1) is 13.9. The highest BCUT2D eigenvalue weighted by Crippen LogP contribution is 2.36. The standard InChI is InChI=1S/C21H18Cl2N2O3S/c1-12-16(22)5-4-6-18(12)28-21-17(23)9-14(11-24-21)15-8-7-13(10-19(15)27-2)20(26)25-29-3/h4-11H,1-3H3,(H,25,26). The maximum atomic E-state index is 12.0. The van der Waals surface area contributed by atoms with E-state index in [-0.39, 0.29) is 11.8 Å². The Hall–Kier alpha value is -2.41. The number of carbonyl (C=O) groups is 1. The molecule has 5 nitrogen and oxygen atoms in total. The van der Waals surface area contributed by atoms with Gasteiger partial charge in [0.25, 0.3) is 5.91 Å². The average Bonchev–Trinajstić information content (AvgIpc) is 2.72. The number of ether oxygens (including phenoxy) is 2. The first-order valence-electron chi connectivity index (χ1n) is 8.54. The number of aromatic nitrogens is 1. The lowest BCUT2D eigenvalue weighted by molar-refractivity contribution is 0.0984. The summed E-state index contributed by atoms with van der Waals surface area (Å²) in [5, 5.41) is 0.943. The zero-order valence-electron chi connectivity index (χ0n) is 16.0. The molecule has 3 aromatic rings. The van der Waals surface area contributed by atoms with Crippen LogP contribution in [0.25, 0.3) is 11.1 Å². The van der Waals surface area contributed by atoms with Crippen LogP contribution in [-0.4, -0.2) is 24.3 Å². The minimum absolute atomic E-state index is 0.195. The molecule has 0 unspecified atom stereocenters. The summed E-state index contributed by atoms with van der Waals surface area (Å²) in [6.45, 7) is 1.86. The summed E-state index contributed by atoms with van der Waals surface area (Å²) in [4.78, 5) is 16.4. The molecule has 0 radical (unpaired) electrons. The number of methoxy groups -OCH3 is 1. The van der Waals surface area contributed by atoms with E-state index >= 15 is 0 Å². The number of rotatable bonds is 6. The Morgan fingerprint density at radius 3 is 2.59 bits per heavy atom. The lowest BCUT2D eigenvalue weighted by Crippen LogP contribution is -2.15. The van der Waals surface area contributed by atoms with Gasteiger partial charge in [0, 0.05) is 39.7 Å².